The molecule has 6 nitrogen and oxygen atoms in total. The van der Waals surface area contributed by atoms with Gasteiger partial charge in [-0.2, -0.15) is 5.10 Å². The summed E-state index contributed by atoms with van der Waals surface area (Å²) in [6.45, 7) is 9.08. The largest absolute Gasteiger partial charge is 0.409 e. The summed E-state index contributed by atoms with van der Waals surface area (Å²) in [6.07, 6.45) is 1.52. The Morgan fingerprint density at radius 3 is 2.75 bits per heavy atom. The third-order valence-electron chi connectivity index (χ3n) is 3.21. The van der Waals surface area contributed by atoms with E-state index in [-0.39, 0.29) is 5.84 Å². The van der Waals surface area contributed by atoms with Crippen LogP contribution in [0.5, 0.6) is 0 Å². The molecule has 0 unspecified atom stereocenters. The van der Waals surface area contributed by atoms with Crippen LogP contribution in [-0.2, 0) is 20.0 Å². The minimum Gasteiger partial charge on any atom is -0.409 e. The van der Waals surface area contributed by atoms with Crippen LogP contribution < -0.4 is 5.73 Å². The highest BCUT2D eigenvalue weighted by molar-refractivity contribution is 5.79. The number of hydrogen-bond acceptors (Lipinski definition) is 4. The Bertz CT molecular complexity index is 439. The van der Waals surface area contributed by atoms with Crippen molar-refractivity contribution in [3.63, 3.8) is 0 Å². The van der Waals surface area contributed by atoms with E-state index in [4.69, 9.17) is 10.9 Å². The molecule has 0 bridgehead atoms. The molecule has 1 rings (SSSR count). The first-order valence-corrected chi connectivity index (χ1v) is 7.16. The predicted octanol–water partition coefficient (Wildman–Crippen LogP) is 1.58. The third kappa shape index (κ3) is 5.21. The normalized spacial score (nSPS) is 12.6. The van der Waals surface area contributed by atoms with Crippen molar-refractivity contribution in [3.05, 3.63) is 17.5 Å². The predicted molar refractivity (Wildman–Crippen MR) is 80.7 cm³/mol. The lowest BCUT2D eigenvalue weighted by atomic mass is 10.2. The molecule has 0 fully saturated rings. The lowest BCUT2D eigenvalue weighted by Crippen LogP contribution is -2.31. The highest BCUT2D eigenvalue weighted by atomic mass is 16.4. The van der Waals surface area contributed by atoms with E-state index in [9.17, 15) is 0 Å². The minimum absolute atomic E-state index is 0.276. The van der Waals surface area contributed by atoms with E-state index in [0.717, 1.165) is 31.7 Å². The van der Waals surface area contributed by atoms with Crippen LogP contribution in [0, 0.1) is 5.92 Å². The first-order valence-electron chi connectivity index (χ1n) is 7.16. The molecule has 20 heavy (non-hydrogen) atoms. The molecular weight excluding hydrogens is 254 g/mol. The van der Waals surface area contributed by atoms with Gasteiger partial charge in [0.15, 0.2) is 0 Å². The van der Waals surface area contributed by atoms with Crippen molar-refractivity contribution in [1.82, 2.24) is 14.7 Å². The molecule has 0 radical (unpaired) electrons. The van der Waals surface area contributed by atoms with Gasteiger partial charge in [-0.25, -0.2) is 0 Å². The number of aryl methyl sites for hydroxylation is 2. The molecule has 0 atom stereocenters. The van der Waals surface area contributed by atoms with Crippen molar-refractivity contribution in [2.75, 3.05) is 13.1 Å². The Morgan fingerprint density at radius 1 is 1.55 bits per heavy atom. The molecule has 1 heterocycles. The van der Waals surface area contributed by atoms with Gasteiger partial charge in [-0.05, 0) is 18.4 Å². The molecule has 0 amide bonds. The zero-order valence-corrected chi connectivity index (χ0v) is 13.0. The molecule has 0 aliphatic rings. The van der Waals surface area contributed by atoms with Crippen LogP contribution in [-0.4, -0.2) is 38.8 Å². The van der Waals surface area contributed by atoms with E-state index in [0.29, 0.717) is 12.3 Å². The van der Waals surface area contributed by atoms with Crippen LogP contribution in [0.4, 0.5) is 0 Å². The summed E-state index contributed by atoms with van der Waals surface area (Å²) in [5.74, 6) is 0.846. The molecule has 6 heteroatoms. The van der Waals surface area contributed by atoms with Gasteiger partial charge in [0.05, 0.1) is 11.4 Å². The second-order valence-electron chi connectivity index (χ2n) is 5.57. The van der Waals surface area contributed by atoms with Crippen molar-refractivity contribution in [1.29, 1.82) is 0 Å². The molecule has 0 aromatic carbocycles. The Balaban J connectivity index is 2.69. The smallest absolute Gasteiger partial charge is 0.140 e. The van der Waals surface area contributed by atoms with Gasteiger partial charge in [0.25, 0.3) is 0 Å². The summed E-state index contributed by atoms with van der Waals surface area (Å²) in [5, 5.41) is 16.1. The molecule has 0 aliphatic heterocycles. The standard InChI is InChI=1S/C14H27N5O/c1-5-12-8-13(18(4)16-12)10-19(9-11(2)3)7-6-14(15)17-20/h8,11,20H,5-7,9-10H2,1-4H3,(H2,15,17). The average molecular weight is 281 g/mol. The Labute approximate surface area is 121 Å². The number of rotatable bonds is 8. The SMILES string of the molecule is CCc1cc(CN(CCC(N)=NO)CC(C)C)n(C)n1. The maximum Gasteiger partial charge on any atom is 0.140 e. The van der Waals surface area contributed by atoms with Crippen LogP contribution >= 0.6 is 0 Å². The first kappa shape index (κ1) is 16.5. The zero-order valence-electron chi connectivity index (χ0n) is 13.0. The van der Waals surface area contributed by atoms with Gasteiger partial charge in [-0.3, -0.25) is 9.58 Å². The average Bonchev–Trinajstić information content (AvgIpc) is 2.75. The van der Waals surface area contributed by atoms with E-state index in [2.05, 4.69) is 42.0 Å². The fourth-order valence-electron chi connectivity index (χ4n) is 2.20. The van der Waals surface area contributed by atoms with E-state index >= 15 is 0 Å². The van der Waals surface area contributed by atoms with Crippen LogP contribution in [0.25, 0.3) is 0 Å². The van der Waals surface area contributed by atoms with Gasteiger partial charge >= 0.3 is 0 Å². The highest BCUT2D eigenvalue weighted by Crippen LogP contribution is 2.10. The van der Waals surface area contributed by atoms with Crippen molar-refractivity contribution < 1.29 is 5.21 Å². The van der Waals surface area contributed by atoms with E-state index in [1.165, 1.54) is 5.69 Å². The molecule has 0 spiro atoms. The van der Waals surface area contributed by atoms with Gasteiger partial charge in [-0.15, -0.1) is 0 Å². The zero-order chi connectivity index (χ0) is 15.1. The molecular formula is C14H27N5O. The number of aromatic nitrogens is 2. The monoisotopic (exact) mass is 281 g/mol. The van der Waals surface area contributed by atoms with Crippen molar-refractivity contribution in [2.45, 2.75) is 40.2 Å². The third-order valence-corrected chi connectivity index (χ3v) is 3.21. The van der Waals surface area contributed by atoms with Gasteiger partial charge in [-0.1, -0.05) is 25.9 Å². The topological polar surface area (TPSA) is 79.7 Å². The first-order chi connectivity index (χ1) is 9.46. The molecule has 1 aromatic rings. The molecule has 0 saturated carbocycles. The number of amidine groups is 1. The lowest BCUT2D eigenvalue weighted by Gasteiger charge is -2.23. The summed E-state index contributed by atoms with van der Waals surface area (Å²) < 4.78 is 1.94. The molecule has 114 valence electrons. The molecule has 1 aromatic heterocycles. The van der Waals surface area contributed by atoms with E-state index in [1.807, 2.05) is 11.7 Å². The van der Waals surface area contributed by atoms with E-state index in [1.54, 1.807) is 0 Å². The van der Waals surface area contributed by atoms with E-state index < -0.39 is 0 Å². The number of oxime groups is 1. The Hall–Kier alpha value is -1.56. The van der Waals surface area contributed by atoms with Gasteiger partial charge in [0.2, 0.25) is 0 Å². The quantitative estimate of drug-likeness (QED) is 0.328. The van der Waals surface area contributed by atoms with Crippen LogP contribution in [0.15, 0.2) is 11.2 Å². The molecule has 0 saturated heterocycles. The second-order valence-corrected chi connectivity index (χ2v) is 5.57. The fraction of sp³-hybridized carbons (Fsp3) is 0.714. The molecule has 3 N–H and O–H groups in total. The summed E-state index contributed by atoms with van der Waals surface area (Å²) >= 11 is 0. The second kappa shape index (κ2) is 7.89. The summed E-state index contributed by atoms with van der Waals surface area (Å²) in [7, 11) is 1.98. The van der Waals surface area contributed by atoms with Crippen molar-refractivity contribution in [3.8, 4) is 0 Å². The van der Waals surface area contributed by atoms with Gasteiger partial charge in [0, 0.05) is 33.1 Å². The minimum atomic E-state index is 0.276. The van der Waals surface area contributed by atoms with Gasteiger partial charge < -0.3 is 10.9 Å². The van der Waals surface area contributed by atoms with Crippen LogP contribution in [0.2, 0.25) is 0 Å². The maximum atomic E-state index is 8.63. The fourth-order valence-corrected chi connectivity index (χ4v) is 2.20. The Kier molecular flexibility index (Phi) is 6.51. The number of nitrogens with two attached hydrogens (primary N) is 1. The van der Waals surface area contributed by atoms with Crippen molar-refractivity contribution in [2.24, 2.45) is 23.9 Å². The summed E-state index contributed by atoms with van der Waals surface area (Å²) in [4.78, 5) is 2.32. The van der Waals surface area contributed by atoms with Crippen LogP contribution in [0.3, 0.4) is 0 Å². The lowest BCUT2D eigenvalue weighted by molar-refractivity contribution is 0.235. The number of nitrogens with zero attached hydrogens (tertiary/aromatic N) is 4. The Morgan fingerprint density at radius 2 is 2.25 bits per heavy atom. The number of hydrogen-bond donors (Lipinski definition) is 2. The van der Waals surface area contributed by atoms with Gasteiger partial charge in [0.1, 0.15) is 5.84 Å². The highest BCUT2D eigenvalue weighted by Gasteiger charge is 2.12. The molecule has 0 aliphatic carbocycles. The summed E-state index contributed by atoms with van der Waals surface area (Å²) in [6, 6.07) is 2.15. The van der Waals surface area contributed by atoms with Crippen molar-refractivity contribution >= 4 is 5.84 Å². The summed E-state index contributed by atoms with van der Waals surface area (Å²) in [5.41, 5.74) is 7.87. The maximum absolute atomic E-state index is 8.63. The van der Waals surface area contributed by atoms with Crippen LogP contribution in [0.1, 0.15) is 38.6 Å².